The van der Waals surface area contributed by atoms with E-state index in [4.69, 9.17) is 4.74 Å². The van der Waals surface area contributed by atoms with Crippen LogP contribution in [-0.4, -0.2) is 12.6 Å². The van der Waals surface area contributed by atoms with Gasteiger partial charge in [-0.1, -0.05) is 43.2 Å². The summed E-state index contributed by atoms with van der Waals surface area (Å²) < 4.78 is 5.09. The molecule has 0 saturated carbocycles. The van der Waals surface area contributed by atoms with E-state index >= 15 is 0 Å². The molecule has 0 unspecified atom stereocenters. The summed E-state index contributed by atoms with van der Waals surface area (Å²) in [6.07, 6.45) is 2.38. The molecule has 0 aliphatic carbocycles. The normalized spacial score (nSPS) is 10.0. The molecule has 0 saturated heterocycles. The Hall–Kier alpha value is -1.31. The molecule has 1 aromatic rings. The van der Waals surface area contributed by atoms with E-state index in [1.807, 2.05) is 31.2 Å². The lowest BCUT2D eigenvalue weighted by Crippen LogP contribution is -2.08. The molecule has 82 valence electrons. The minimum absolute atomic E-state index is 0.131. The summed E-state index contributed by atoms with van der Waals surface area (Å²) in [6, 6.07) is 7.95. The number of hydrogen-bond acceptors (Lipinski definition) is 2. The first kappa shape index (κ1) is 11.8. The van der Waals surface area contributed by atoms with Crippen LogP contribution in [0.3, 0.4) is 0 Å². The molecular formula is C13H18O2. The SMILES string of the molecule is CCCCOC(=O)Cc1cccc(C)c1. The van der Waals surface area contributed by atoms with Crippen LogP contribution < -0.4 is 0 Å². The average Bonchev–Trinajstić information content (AvgIpc) is 2.18. The Bertz CT molecular complexity index is 318. The number of carbonyl (C=O) groups is 1. The van der Waals surface area contributed by atoms with E-state index in [0.29, 0.717) is 13.0 Å². The van der Waals surface area contributed by atoms with E-state index in [1.165, 1.54) is 5.56 Å². The van der Waals surface area contributed by atoms with Crippen LogP contribution in [0.2, 0.25) is 0 Å². The molecule has 0 fully saturated rings. The maximum atomic E-state index is 11.4. The predicted octanol–water partition coefficient (Wildman–Crippen LogP) is 2.88. The van der Waals surface area contributed by atoms with Gasteiger partial charge in [0.05, 0.1) is 13.0 Å². The molecule has 0 N–H and O–H groups in total. The number of hydrogen-bond donors (Lipinski definition) is 0. The fourth-order valence-corrected chi connectivity index (χ4v) is 1.37. The molecule has 2 heteroatoms. The first-order valence-corrected chi connectivity index (χ1v) is 5.43. The van der Waals surface area contributed by atoms with E-state index < -0.39 is 0 Å². The monoisotopic (exact) mass is 206 g/mol. The largest absolute Gasteiger partial charge is 0.465 e. The summed E-state index contributed by atoms with van der Waals surface area (Å²) in [5, 5.41) is 0. The maximum Gasteiger partial charge on any atom is 0.310 e. The zero-order valence-electron chi connectivity index (χ0n) is 9.45. The van der Waals surface area contributed by atoms with Crippen molar-refractivity contribution in [2.24, 2.45) is 0 Å². The van der Waals surface area contributed by atoms with Crippen LogP contribution in [0, 0.1) is 6.92 Å². The van der Waals surface area contributed by atoms with Crippen LogP contribution in [0.5, 0.6) is 0 Å². The van der Waals surface area contributed by atoms with Crippen molar-refractivity contribution in [3.63, 3.8) is 0 Å². The minimum Gasteiger partial charge on any atom is -0.465 e. The summed E-state index contributed by atoms with van der Waals surface area (Å²) >= 11 is 0. The van der Waals surface area contributed by atoms with Crippen molar-refractivity contribution in [2.75, 3.05) is 6.61 Å². The summed E-state index contributed by atoms with van der Waals surface area (Å²) in [5.41, 5.74) is 2.20. The van der Waals surface area contributed by atoms with Gasteiger partial charge in [0.1, 0.15) is 0 Å². The van der Waals surface area contributed by atoms with Gasteiger partial charge in [-0.15, -0.1) is 0 Å². The highest BCUT2D eigenvalue weighted by Gasteiger charge is 2.03. The van der Waals surface area contributed by atoms with E-state index in [2.05, 4.69) is 6.92 Å². The fraction of sp³-hybridized carbons (Fsp3) is 0.462. The first-order valence-electron chi connectivity index (χ1n) is 5.43. The molecule has 0 bridgehead atoms. The van der Waals surface area contributed by atoms with E-state index in [0.717, 1.165) is 18.4 Å². The Morgan fingerprint density at radius 1 is 1.40 bits per heavy atom. The lowest BCUT2D eigenvalue weighted by atomic mass is 10.1. The van der Waals surface area contributed by atoms with Crippen molar-refractivity contribution < 1.29 is 9.53 Å². The van der Waals surface area contributed by atoms with Gasteiger partial charge in [0.15, 0.2) is 0 Å². The second-order valence-electron chi connectivity index (χ2n) is 3.74. The van der Waals surface area contributed by atoms with Crippen LogP contribution in [0.4, 0.5) is 0 Å². The molecule has 0 aliphatic rings. The third-order valence-electron chi connectivity index (χ3n) is 2.19. The van der Waals surface area contributed by atoms with E-state index in [1.54, 1.807) is 0 Å². The molecule has 0 amide bonds. The Morgan fingerprint density at radius 2 is 2.20 bits per heavy atom. The number of ether oxygens (including phenoxy) is 1. The van der Waals surface area contributed by atoms with Crippen LogP contribution in [0.15, 0.2) is 24.3 Å². The Kier molecular flexibility index (Phi) is 4.88. The molecule has 1 rings (SSSR count). The molecule has 0 aromatic heterocycles. The molecule has 0 radical (unpaired) electrons. The van der Waals surface area contributed by atoms with Crippen LogP contribution in [-0.2, 0) is 16.0 Å². The third kappa shape index (κ3) is 4.63. The minimum atomic E-state index is -0.131. The highest BCUT2D eigenvalue weighted by Crippen LogP contribution is 2.05. The van der Waals surface area contributed by atoms with Crippen molar-refractivity contribution in [3.05, 3.63) is 35.4 Å². The van der Waals surface area contributed by atoms with E-state index in [9.17, 15) is 4.79 Å². The Balaban J connectivity index is 2.37. The van der Waals surface area contributed by atoms with Gasteiger partial charge in [-0.25, -0.2) is 0 Å². The average molecular weight is 206 g/mol. The summed E-state index contributed by atoms with van der Waals surface area (Å²) in [6.45, 7) is 4.64. The van der Waals surface area contributed by atoms with Gasteiger partial charge in [-0.3, -0.25) is 4.79 Å². The maximum absolute atomic E-state index is 11.4. The molecule has 2 nitrogen and oxygen atoms in total. The second kappa shape index (κ2) is 6.23. The van der Waals surface area contributed by atoms with Gasteiger partial charge in [-0.2, -0.15) is 0 Å². The van der Waals surface area contributed by atoms with Gasteiger partial charge in [-0.05, 0) is 18.9 Å². The lowest BCUT2D eigenvalue weighted by molar-refractivity contribution is -0.142. The van der Waals surface area contributed by atoms with E-state index in [-0.39, 0.29) is 5.97 Å². The molecular weight excluding hydrogens is 188 g/mol. The molecule has 1 aromatic carbocycles. The molecule has 0 atom stereocenters. The second-order valence-corrected chi connectivity index (χ2v) is 3.74. The van der Waals surface area contributed by atoms with Crippen molar-refractivity contribution in [1.29, 1.82) is 0 Å². The Morgan fingerprint density at radius 3 is 2.87 bits per heavy atom. The van der Waals surface area contributed by atoms with Crippen molar-refractivity contribution in [3.8, 4) is 0 Å². The smallest absolute Gasteiger partial charge is 0.310 e. The number of esters is 1. The van der Waals surface area contributed by atoms with Crippen molar-refractivity contribution >= 4 is 5.97 Å². The highest BCUT2D eigenvalue weighted by atomic mass is 16.5. The summed E-state index contributed by atoms with van der Waals surface area (Å²) in [5.74, 6) is -0.131. The summed E-state index contributed by atoms with van der Waals surface area (Å²) in [4.78, 5) is 11.4. The van der Waals surface area contributed by atoms with Crippen molar-refractivity contribution in [1.82, 2.24) is 0 Å². The number of aryl methyl sites for hydroxylation is 1. The topological polar surface area (TPSA) is 26.3 Å². The van der Waals surface area contributed by atoms with Gasteiger partial charge in [0.2, 0.25) is 0 Å². The number of benzene rings is 1. The third-order valence-corrected chi connectivity index (χ3v) is 2.19. The molecule has 0 aliphatic heterocycles. The first-order chi connectivity index (χ1) is 7.22. The summed E-state index contributed by atoms with van der Waals surface area (Å²) in [7, 11) is 0. The number of carbonyl (C=O) groups excluding carboxylic acids is 1. The van der Waals surface area contributed by atoms with Crippen LogP contribution >= 0.6 is 0 Å². The fourth-order valence-electron chi connectivity index (χ4n) is 1.37. The highest BCUT2D eigenvalue weighted by molar-refractivity contribution is 5.72. The van der Waals surface area contributed by atoms with Crippen LogP contribution in [0.1, 0.15) is 30.9 Å². The quantitative estimate of drug-likeness (QED) is 0.547. The molecule has 15 heavy (non-hydrogen) atoms. The van der Waals surface area contributed by atoms with Gasteiger partial charge >= 0.3 is 5.97 Å². The zero-order chi connectivity index (χ0) is 11.1. The van der Waals surface area contributed by atoms with Crippen LogP contribution in [0.25, 0.3) is 0 Å². The number of unbranched alkanes of at least 4 members (excludes halogenated alkanes) is 1. The Labute approximate surface area is 91.3 Å². The zero-order valence-corrected chi connectivity index (χ0v) is 9.45. The number of rotatable bonds is 5. The van der Waals surface area contributed by atoms with Gasteiger partial charge in [0.25, 0.3) is 0 Å². The van der Waals surface area contributed by atoms with Gasteiger partial charge in [0, 0.05) is 0 Å². The lowest BCUT2D eigenvalue weighted by Gasteiger charge is -2.04. The van der Waals surface area contributed by atoms with Crippen molar-refractivity contribution in [2.45, 2.75) is 33.1 Å². The standard InChI is InChI=1S/C13H18O2/c1-3-4-8-15-13(14)10-12-7-5-6-11(2)9-12/h5-7,9H,3-4,8,10H2,1-2H3. The predicted molar refractivity (Wildman–Crippen MR) is 60.8 cm³/mol. The molecule has 0 heterocycles. The molecule has 0 spiro atoms. The van der Waals surface area contributed by atoms with Gasteiger partial charge < -0.3 is 4.74 Å².